The van der Waals surface area contributed by atoms with Crippen molar-refractivity contribution in [2.75, 3.05) is 11.8 Å². The molecule has 1 aliphatic carbocycles. The highest BCUT2D eigenvalue weighted by atomic mass is 79.9. The summed E-state index contributed by atoms with van der Waals surface area (Å²) in [5.41, 5.74) is -0.716. The van der Waals surface area contributed by atoms with E-state index >= 15 is 0 Å². The van der Waals surface area contributed by atoms with Crippen LogP contribution in [0, 0.1) is 10.1 Å². The number of carbonyl (C=O) groups is 1. The molecule has 29 heavy (non-hydrogen) atoms. The molecule has 10 nitrogen and oxygen atoms in total. The van der Waals surface area contributed by atoms with Gasteiger partial charge in [-0.2, -0.15) is 0 Å². The van der Waals surface area contributed by atoms with Crippen LogP contribution >= 0.6 is 15.9 Å². The Morgan fingerprint density at radius 3 is 2.45 bits per heavy atom. The van der Waals surface area contributed by atoms with Crippen molar-refractivity contribution in [1.29, 1.82) is 0 Å². The van der Waals surface area contributed by atoms with Crippen LogP contribution in [0.3, 0.4) is 0 Å². The lowest BCUT2D eigenvalue weighted by Crippen LogP contribution is -2.15. The monoisotopic (exact) mass is 486 g/mol. The quantitative estimate of drug-likeness (QED) is 0.243. The molecule has 0 unspecified atom stereocenters. The Balaban J connectivity index is 2.11. The number of halogens is 1. The molecule has 3 rings (SSSR count). The number of hydrogen-bond donors (Lipinski definition) is 3. The van der Waals surface area contributed by atoms with Crippen LogP contribution in [0.2, 0.25) is 0 Å². The molecule has 0 saturated heterocycles. The Kier molecular flexibility index (Phi) is 5.41. The van der Waals surface area contributed by atoms with E-state index in [0.717, 1.165) is 32.1 Å². The number of aromatic hydroxyl groups is 2. The summed E-state index contributed by atoms with van der Waals surface area (Å²) in [6.45, 7) is 0. The van der Waals surface area contributed by atoms with Crippen molar-refractivity contribution in [3.8, 4) is 11.5 Å². The number of esters is 1. The number of nitro benzene ring substituents is 1. The van der Waals surface area contributed by atoms with E-state index in [1.807, 2.05) is 0 Å². The van der Waals surface area contributed by atoms with Gasteiger partial charge in [0, 0.05) is 10.5 Å². The van der Waals surface area contributed by atoms with Crippen LogP contribution in [0.1, 0.15) is 34.7 Å². The van der Waals surface area contributed by atoms with Gasteiger partial charge in [0.2, 0.25) is 5.75 Å². The third-order valence-corrected chi connectivity index (χ3v) is 6.17. The maximum Gasteiger partial charge on any atom is 0.341 e. The number of nitro groups is 1. The van der Waals surface area contributed by atoms with E-state index in [-0.39, 0.29) is 21.6 Å². The predicted octanol–water partition coefficient (Wildman–Crippen LogP) is 3.23. The number of ether oxygens (including phenoxy) is 1. The number of sulfonamides is 1. The Bertz CT molecular complexity index is 1130. The van der Waals surface area contributed by atoms with Gasteiger partial charge in [-0.05, 0) is 42.5 Å². The lowest BCUT2D eigenvalue weighted by atomic mass is 10.0. The number of nitrogens with zero attached hydrogens (tertiary/aromatic N) is 1. The molecule has 0 amide bonds. The number of benzene rings is 2. The van der Waals surface area contributed by atoms with E-state index in [1.165, 1.54) is 12.1 Å². The van der Waals surface area contributed by atoms with Crippen molar-refractivity contribution in [2.24, 2.45) is 0 Å². The molecule has 2 aromatic rings. The fraction of sp³-hybridized carbons (Fsp3) is 0.235. The smallest absolute Gasteiger partial charge is 0.341 e. The maximum absolute atomic E-state index is 12.8. The first kappa shape index (κ1) is 20.9. The average Bonchev–Trinajstić information content (AvgIpc) is 3.49. The third-order valence-electron chi connectivity index (χ3n) is 4.34. The first-order chi connectivity index (χ1) is 13.5. The molecule has 0 aliphatic heterocycles. The Morgan fingerprint density at radius 1 is 1.24 bits per heavy atom. The van der Waals surface area contributed by atoms with Gasteiger partial charge in [-0.25, -0.2) is 13.2 Å². The molecule has 12 heteroatoms. The second-order valence-corrected chi connectivity index (χ2v) is 8.93. The lowest BCUT2D eigenvalue weighted by Gasteiger charge is -2.15. The van der Waals surface area contributed by atoms with Crippen LogP contribution in [0.25, 0.3) is 0 Å². The number of anilines is 1. The van der Waals surface area contributed by atoms with Crippen LogP contribution in [0.4, 0.5) is 11.4 Å². The summed E-state index contributed by atoms with van der Waals surface area (Å²) < 4.78 is 32.4. The van der Waals surface area contributed by atoms with E-state index in [1.54, 1.807) is 0 Å². The molecule has 0 spiro atoms. The Labute approximate surface area is 173 Å². The van der Waals surface area contributed by atoms with E-state index in [0.29, 0.717) is 5.56 Å². The van der Waals surface area contributed by atoms with Crippen LogP contribution in [0.15, 0.2) is 33.6 Å². The fourth-order valence-corrected chi connectivity index (χ4v) is 4.55. The number of nitrogens with one attached hydrogen (secondary N) is 1. The summed E-state index contributed by atoms with van der Waals surface area (Å²) in [6.07, 6.45) is 1.69. The molecule has 1 aliphatic rings. The largest absolute Gasteiger partial charge is 0.505 e. The predicted molar refractivity (Wildman–Crippen MR) is 105 cm³/mol. The standard InChI is InChI=1S/C17H15BrN2O8S/c1-28-17(23)11-4-9(8-2-3-8)5-12(15(11)21)19-29(26,27)14-7-10(18)6-13(16(14)22)20(24)25/h4-8,19,21-22H,2-3H2,1H3. The summed E-state index contributed by atoms with van der Waals surface area (Å²) in [5, 5.41) is 31.5. The minimum absolute atomic E-state index is 0.0496. The van der Waals surface area contributed by atoms with Crippen molar-refractivity contribution in [1.82, 2.24) is 0 Å². The minimum Gasteiger partial charge on any atom is -0.505 e. The van der Waals surface area contributed by atoms with Crippen molar-refractivity contribution in [2.45, 2.75) is 23.7 Å². The van der Waals surface area contributed by atoms with Gasteiger partial charge in [0.15, 0.2) is 5.75 Å². The second-order valence-electron chi connectivity index (χ2n) is 6.36. The van der Waals surface area contributed by atoms with Crippen LogP contribution < -0.4 is 4.72 Å². The molecule has 0 aromatic heterocycles. The summed E-state index contributed by atoms with van der Waals surface area (Å²) >= 11 is 2.97. The number of carbonyl (C=O) groups excluding carboxylic acids is 1. The number of rotatable bonds is 6. The highest BCUT2D eigenvalue weighted by Crippen LogP contribution is 2.44. The zero-order valence-electron chi connectivity index (χ0n) is 14.9. The highest BCUT2D eigenvalue weighted by Gasteiger charge is 2.31. The molecule has 2 aromatic carbocycles. The van der Waals surface area contributed by atoms with Crippen LogP contribution in [0.5, 0.6) is 11.5 Å². The normalized spacial score (nSPS) is 13.7. The van der Waals surface area contributed by atoms with Gasteiger partial charge < -0.3 is 14.9 Å². The Hall–Kier alpha value is -2.86. The van der Waals surface area contributed by atoms with Gasteiger partial charge in [0.25, 0.3) is 10.0 Å². The number of methoxy groups -OCH3 is 1. The lowest BCUT2D eigenvalue weighted by molar-refractivity contribution is -0.386. The summed E-state index contributed by atoms with van der Waals surface area (Å²) in [7, 11) is -3.44. The molecular formula is C17H15BrN2O8S. The average molecular weight is 487 g/mol. The fourth-order valence-electron chi connectivity index (χ4n) is 2.76. The summed E-state index contributed by atoms with van der Waals surface area (Å²) in [5.74, 6) is -2.46. The van der Waals surface area contributed by atoms with Gasteiger partial charge >= 0.3 is 11.7 Å². The number of phenols is 2. The molecule has 3 N–H and O–H groups in total. The minimum atomic E-state index is -4.56. The van der Waals surface area contributed by atoms with E-state index < -0.39 is 43.0 Å². The second kappa shape index (κ2) is 7.52. The van der Waals surface area contributed by atoms with Gasteiger partial charge in [-0.3, -0.25) is 14.8 Å². The maximum atomic E-state index is 12.8. The van der Waals surface area contributed by atoms with E-state index in [4.69, 9.17) is 0 Å². The molecule has 0 heterocycles. The highest BCUT2D eigenvalue weighted by molar-refractivity contribution is 9.10. The first-order valence-corrected chi connectivity index (χ1v) is 10.5. The van der Waals surface area contributed by atoms with E-state index in [9.17, 15) is 33.5 Å². The molecular weight excluding hydrogens is 472 g/mol. The number of phenolic OH excluding ortho intramolecular Hbond substituents is 2. The molecule has 0 atom stereocenters. The van der Waals surface area contributed by atoms with Crippen molar-refractivity contribution < 1.29 is 33.1 Å². The summed E-state index contributed by atoms with van der Waals surface area (Å²) in [4.78, 5) is 21.3. The zero-order chi connectivity index (χ0) is 21.5. The molecule has 0 bridgehead atoms. The SMILES string of the molecule is COC(=O)c1cc(C2CC2)cc(NS(=O)(=O)c2cc(Br)cc([N+](=O)[O-])c2O)c1O. The van der Waals surface area contributed by atoms with E-state index in [2.05, 4.69) is 25.4 Å². The topological polar surface area (TPSA) is 156 Å². The third kappa shape index (κ3) is 4.12. The van der Waals surface area contributed by atoms with Crippen molar-refractivity contribution >= 4 is 43.3 Å². The van der Waals surface area contributed by atoms with Crippen LogP contribution in [-0.4, -0.2) is 36.6 Å². The number of hydrogen-bond acceptors (Lipinski definition) is 8. The first-order valence-electron chi connectivity index (χ1n) is 8.20. The molecule has 154 valence electrons. The molecule has 1 saturated carbocycles. The van der Waals surface area contributed by atoms with Gasteiger partial charge in [0.05, 0.1) is 17.7 Å². The van der Waals surface area contributed by atoms with Crippen LogP contribution in [-0.2, 0) is 14.8 Å². The van der Waals surface area contributed by atoms with Gasteiger partial charge in [-0.1, -0.05) is 15.9 Å². The van der Waals surface area contributed by atoms with Gasteiger partial charge in [0.1, 0.15) is 10.5 Å². The Morgan fingerprint density at radius 2 is 1.90 bits per heavy atom. The van der Waals surface area contributed by atoms with Gasteiger partial charge in [-0.15, -0.1) is 0 Å². The van der Waals surface area contributed by atoms with Crippen molar-refractivity contribution in [3.05, 3.63) is 50.0 Å². The molecule has 0 radical (unpaired) electrons. The zero-order valence-corrected chi connectivity index (χ0v) is 17.3. The van der Waals surface area contributed by atoms with Crippen molar-refractivity contribution in [3.63, 3.8) is 0 Å². The molecule has 1 fully saturated rings. The summed E-state index contributed by atoms with van der Waals surface area (Å²) in [6, 6.07) is 4.74.